The van der Waals surface area contributed by atoms with Crippen LogP contribution in [0.25, 0.3) is 0 Å². The average Bonchev–Trinajstić information content (AvgIpc) is 2.70. The van der Waals surface area contributed by atoms with E-state index in [1.165, 1.54) is 0 Å². The van der Waals surface area contributed by atoms with Crippen LogP contribution in [0.1, 0.15) is 28.8 Å². The molecule has 0 aliphatic carbocycles. The van der Waals surface area contributed by atoms with Crippen molar-refractivity contribution in [3.63, 3.8) is 0 Å². The van der Waals surface area contributed by atoms with Gasteiger partial charge in [-0.15, -0.1) is 0 Å². The minimum Gasteiger partial charge on any atom is -0.493 e. The van der Waals surface area contributed by atoms with Crippen LogP contribution in [-0.2, 0) is 0 Å². The van der Waals surface area contributed by atoms with Crippen LogP contribution in [0.15, 0.2) is 48.5 Å². The minimum absolute atomic E-state index is 0.0334. The Hall–Kier alpha value is -2.53. The fraction of sp³-hybridized carbons (Fsp3) is 0.409. The molecule has 0 saturated carbocycles. The number of benzene rings is 2. The van der Waals surface area contributed by atoms with Crippen molar-refractivity contribution in [1.29, 1.82) is 0 Å². The molecule has 144 valence electrons. The number of hydrogen-bond acceptors (Lipinski definition) is 4. The fourth-order valence-corrected chi connectivity index (χ4v) is 3.41. The van der Waals surface area contributed by atoms with Crippen LogP contribution < -0.4 is 14.8 Å². The molecular formula is C22H28N2O3. The zero-order chi connectivity index (χ0) is 19.1. The topological polar surface area (TPSA) is 50.8 Å². The Labute approximate surface area is 161 Å². The predicted molar refractivity (Wildman–Crippen MR) is 107 cm³/mol. The van der Waals surface area contributed by atoms with Gasteiger partial charge in [-0.25, -0.2) is 0 Å². The van der Waals surface area contributed by atoms with Crippen molar-refractivity contribution in [2.45, 2.75) is 25.8 Å². The van der Waals surface area contributed by atoms with E-state index < -0.39 is 0 Å². The Morgan fingerprint density at radius 3 is 2.44 bits per heavy atom. The summed E-state index contributed by atoms with van der Waals surface area (Å²) in [5.41, 5.74) is 1.78. The second kappa shape index (κ2) is 9.42. The molecule has 1 aliphatic rings. The summed E-state index contributed by atoms with van der Waals surface area (Å²) in [4.78, 5) is 14.8. The monoisotopic (exact) mass is 368 g/mol. The number of carbonyl (C=O) groups excluding carboxylic acids is 1. The number of likely N-dealkylation sites (tertiary alicyclic amines) is 1. The van der Waals surface area contributed by atoms with E-state index in [1.54, 1.807) is 7.11 Å². The molecule has 0 radical (unpaired) electrons. The van der Waals surface area contributed by atoms with Gasteiger partial charge in [-0.05, 0) is 43.5 Å². The Bertz CT molecular complexity index is 755. The highest BCUT2D eigenvalue weighted by molar-refractivity contribution is 5.95. The zero-order valence-corrected chi connectivity index (χ0v) is 16.1. The number of methoxy groups -OCH3 is 1. The Morgan fingerprint density at radius 1 is 1.07 bits per heavy atom. The standard InChI is InChI=1S/C22H28N2O3/c1-17-7-3-4-8-19(17)22(25)23-18-11-13-24(14-12-18)15-16-27-21-10-6-5-9-20(21)26-2/h3-10,18H,11-16H2,1-2H3,(H,23,25). The highest BCUT2D eigenvalue weighted by Gasteiger charge is 2.21. The van der Waals surface area contributed by atoms with Gasteiger partial charge in [-0.2, -0.15) is 0 Å². The van der Waals surface area contributed by atoms with Crippen molar-refractivity contribution in [2.75, 3.05) is 33.4 Å². The first-order chi connectivity index (χ1) is 13.2. The highest BCUT2D eigenvalue weighted by atomic mass is 16.5. The first-order valence-corrected chi connectivity index (χ1v) is 9.52. The lowest BCUT2D eigenvalue weighted by Crippen LogP contribution is -2.45. The average molecular weight is 368 g/mol. The van der Waals surface area contributed by atoms with E-state index in [1.807, 2.05) is 55.5 Å². The Morgan fingerprint density at radius 2 is 1.74 bits per heavy atom. The second-order valence-electron chi connectivity index (χ2n) is 6.90. The van der Waals surface area contributed by atoms with Crippen LogP contribution in [0.4, 0.5) is 0 Å². The summed E-state index contributed by atoms with van der Waals surface area (Å²) in [5.74, 6) is 1.57. The highest BCUT2D eigenvalue weighted by Crippen LogP contribution is 2.25. The predicted octanol–water partition coefficient (Wildman–Crippen LogP) is 3.28. The first-order valence-electron chi connectivity index (χ1n) is 9.52. The van der Waals surface area contributed by atoms with Crippen LogP contribution >= 0.6 is 0 Å². The van der Waals surface area contributed by atoms with Crippen LogP contribution in [-0.4, -0.2) is 50.2 Å². The molecule has 0 atom stereocenters. The van der Waals surface area contributed by atoms with E-state index in [0.717, 1.165) is 55.1 Å². The van der Waals surface area contributed by atoms with Gasteiger partial charge in [0.05, 0.1) is 7.11 Å². The summed E-state index contributed by atoms with van der Waals surface area (Å²) in [5, 5.41) is 3.18. The molecule has 0 unspecified atom stereocenters. The maximum absolute atomic E-state index is 12.4. The van der Waals surface area contributed by atoms with Crippen molar-refractivity contribution in [3.8, 4) is 11.5 Å². The largest absolute Gasteiger partial charge is 0.493 e. The molecular weight excluding hydrogens is 340 g/mol. The number of nitrogens with zero attached hydrogens (tertiary/aromatic N) is 1. The van der Waals surface area contributed by atoms with Crippen LogP contribution in [0, 0.1) is 6.92 Å². The summed E-state index contributed by atoms with van der Waals surface area (Å²) >= 11 is 0. The van der Waals surface area contributed by atoms with Gasteiger partial charge in [0.25, 0.3) is 5.91 Å². The van der Waals surface area contributed by atoms with Crippen molar-refractivity contribution < 1.29 is 14.3 Å². The third kappa shape index (κ3) is 5.23. The number of piperidine rings is 1. The van der Waals surface area contributed by atoms with Crippen molar-refractivity contribution >= 4 is 5.91 Å². The van der Waals surface area contributed by atoms with Crippen LogP contribution in [0.5, 0.6) is 11.5 Å². The number of rotatable bonds is 7. The van der Waals surface area contributed by atoms with Gasteiger partial charge < -0.3 is 14.8 Å². The Kier molecular flexibility index (Phi) is 6.71. The zero-order valence-electron chi connectivity index (χ0n) is 16.1. The number of para-hydroxylation sites is 2. The number of hydrogen-bond donors (Lipinski definition) is 1. The molecule has 1 aliphatic heterocycles. The van der Waals surface area contributed by atoms with Crippen molar-refractivity contribution in [3.05, 3.63) is 59.7 Å². The molecule has 0 spiro atoms. The van der Waals surface area contributed by atoms with E-state index in [9.17, 15) is 4.79 Å². The van der Waals surface area contributed by atoms with Gasteiger partial charge in [-0.3, -0.25) is 9.69 Å². The van der Waals surface area contributed by atoms with Gasteiger partial charge in [0.1, 0.15) is 6.61 Å². The molecule has 0 bridgehead atoms. The smallest absolute Gasteiger partial charge is 0.251 e. The molecule has 1 saturated heterocycles. The number of carbonyl (C=O) groups is 1. The summed E-state index contributed by atoms with van der Waals surface area (Å²) in [6, 6.07) is 15.7. The van der Waals surface area contributed by atoms with Gasteiger partial charge in [0.15, 0.2) is 11.5 Å². The molecule has 1 N–H and O–H groups in total. The minimum atomic E-state index is 0.0334. The quantitative estimate of drug-likeness (QED) is 0.815. The number of nitrogens with one attached hydrogen (secondary N) is 1. The SMILES string of the molecule is COc1ccccc1OCCN1CCC(NC(=O)c2ccccc2C)CC1. The number of ether oxygens (including phenoxy) is 2. The molecule has 2 aromatic rings. The maximum Gasteiger partial charge on any atom is 0.251 e. The second-order valence-corrected chi connectivity index (χ2v) is 6.90. The fourth-order valence-electron chi connectivity index (χ4n) is 3.41. The summed E-state index contributed by atoms with van der Waals surface area (Å²) in [6.45, 7) is 5.40. The molecule has 5 nitrogen and oxygen atoms in total. The van der Waals surface area contributed by atoms with Crippen molar-refractivity contribution in [1.82, 2.24) is 10.2 Å². The van der Waals surface area contributed by atoms with E-state index in [2.05, 4.69) is 10.2 Å². The van der Waals surface area contributed by atoms with E-state index >= 15 is 0 Å². The van der Waals surface area contributed by atoms with Gasteiger partial charge in [0, 0.05) is 31.2 Å². The summed E-state index contributed by atoms with van der Waals surface area (Å²) in [7, 11) is 1.65. The lowest BCUT2D eigenvalue weighted by molar-refractivity contribution is 0.0904. The van der Waals surface area contributed by atoms with Crippen LogP contribution in [0.2, 0.25) is 0 Å². The van der Waals surface area contributed by atoms with E-state index in [0.29, 0.717) is 6.61 Å². The third-order valence-electron chi connectivity index (χ3n) is 5.05. The molecule has 1 heterocycles. The summed E-state index contributed by atoms with van der Waals surface area (Å²) < 4.78 is 11.2. The van der Waals surface area contributed by atoms with Gasteiger partial charge in [0.2, 0.25) is 0 Å². The molecule has 3 rings (SSSR count). The Balaban J connectivity index is 1.40. The number of aryl methyl sites for hydroxylation is 1. The van der Waals surface area contributed by atoms with Crippen LogP contribution in [0.3, 0.4) is 0 Å². The molecule has 1 amide bonds. The molecule has 1 fully saturated rings. The van der Waals surface area contributed by atoms with Gasteiger partial charge in [-0.1, -0.05) is 30.3 Å². The molecule has 2 aromatic carbocycles. The van der Waals surface area contributed by atoms with Gasteiger partial charge >= 0.3 is 0 Å². The van der Waals surface area contributed by atoms with E-state index in [4.69, 9.17) is 9.47 Å². The third-order valence-corrected chi connectivity index (χ3v) is 5.05. The normalized spacial score (nSPS) is 15.3. The number of amides is 1. The maximum atomic E-state index is 12.4. The molecule has 27 heavy (non-hydrogen) atoms. The van der Waals surface area contributed by atoms with Crippen molar-refractivity contribution in [2.24, 2.45) is 0 Å². The summed E-state index contributed by atoms with van der Waals surface area (Å²) in [6.07, 6.45) is 1.93. The van der Waals surface area contributed by atoms with E-state index in [-0.39, 0.29) is 11.9 Å². The lowest BCUT2D eigenvalue weighted by Gasteiger charge is -2.32. The lowest BCUT2D eigenvalue weighted by atomic mass is 10.0. The first kappa shape index (κ1) is 19.2. The molecule has 0 aromatic heterocycles. The molecule has 5 heteroatoms.